The normalized spacial score (nSPS) is 10.3. The minimum atomic E-state index is 0. The van der Waals surface area contributed by atoms with Gasteiger partial charge >= 0.3 is 0 Å². The number of benzene rings is 2. The molecule has 21 heavy (non-hydrogen) atoms. The van der Waals surface area contributed by atoms with Crippen LogP contribution in [0.15, 0.2) is 53.9 Å². The maximum atomic E-state index is 6.13. The van der Waals surface area contributed by atoms with Gasteiger partial charge in [0, 0.05) is 10.3 Å². The second-order valence-electron chi connectivity index (χ2n) is 4.68. The summed E-state index contributed by atoms with van der Waals surface area (Å²) in [5, 5.41) is 4.42. The summed E-state index contributed by atoms with van der Waals surface area (Å²) >= 11 is 1.73. The van der Waals surface area contributed by atoms with Crippen LogP contribution in [0, 0.1) is 0 Å². The molecule has 0 saturated heterocycles. The van der Waals surface area contributed by atoms with Gasteiger partial charge in [-0.1, -0.05) is 36.4 Å². The van der Waals surface area contributed by atoms with Gasteiger partial charge in [-0.15, -0.1) is 23.7 Å². The summed E-state index contributed by atoms with van der Waals surface area (Å²) < 4.78 is 6.13. The molecule has 0 fully saturated rings. The number of hydrogen-bond donors (Lipinski definition) is 1. The lowest BCUT2D eigenvalue weighted by molar-refractivity contribution is 0.484. The summed E-state index contributed by atoms with van der Waals surface area (Å²) in [5.41, 5.74) is 5.59. The molecule has 0 amide bonds. The molecule has 110 valence electrons. The second kappa shape index (κ2) is 7.46. The van der Waals surface area contributed by atoms with Gasteiger partial charge < -0.3 is 10.5 Å². The Hall–Kier alpha value is -1.55. The van der Waals surface area contributed by atoms with Crippen molar-refractivity contribution in [3.8, 4) is 11.5 Å². The van der Waals surface area contributed by atoms with Gasteiger partial charge in [0.25, 0.3) is 0 Å². The molecule has 0 atom stereocenters. The first-order valence-corrected chi connectivity index (χ1v) is 7.68. The van der Waals surface area contributed by atoms with E-state index in [1.165, 1.54) is 10.3 Å². The predicted octanol–water partition coefficient (Wildman–Crippen LogP) is 5.01. The standard InChI is InChI=1S/C17H17NOS.ClH/c18-11-4-9-17-16(10-12-20-17)19-15-8-3-6-13-5-1-2-7-14(13)15;/h1-3,5-8,10,12H,4,9,11,18H2;1H. The molecule has 0 bridgehead atoms. The Morgan fingerprint density at radius 3 is 2.62 bits per heavy atom. The van der Waals surface area contributed by atoms with Crippen LogP contribution in [0.2, 0.25) is 0 Å². The third-order valence-corrected chi connectivity index (χ3v) is 4.24. The van der Waals surface area contributed by atoms with Gasteiger partial charge in [0.2, 0.25) is 0 Å². The van der Waals surface area contributed by atoms with Gasteiger partial charge in [0.15, 0.2) is 0 Å². The zero-order valence-corrected chi connectivity index (χ0v) is 13.3. The van der Waals surface area contributed by atoms with E-state index in [-0.39, 0.29) is 12.4 Å². The summed E-state index contributed by atoms with van der Waals surface area (Å²) in [4.78, 5) is 1.27. The highest BCUT2D eigenvalue weighted by Gasteiger charge is 2.08. The van der Waals surface area contributed by atoms with Gasteiger partial charge in [-0.05, 0) is 42.3 Å². The summed E-state index contributed by atoms with van der Waals surface area (Å²) in [6.07, 6.45) is 1.97. The Balaban J connectivity index is 0.00000161. The van der Waals surface area contributed by atoms with Crippen LogP contribution < -0.4 is 10.5 Å². The number of rotatable bonds is 5. The van der Waals surface area contributed by atoms with Crippen LogP contribution in [0.25, 0.3) is 10.8 Å². The van der Waals surface area contributed by atoms with Crippen LogP contribution in [-0.4, -0.2) is 6.54 Å². The molecule has 3 rings (SSSR count). The molecule has 0 aliphatic heterocycles. The SMILES string of the molecule is Cl.NCCCc1sccc1Oc1cccc2ccccc12. The monoisotopic (exact) mass is 319 g/mol. The maximum absolute atomic E-state index is 6.13. The molecule has 2 aromatic carbocycles. The number of hydrogen-bond acceptors (Lipinski definition) is 3. The highest BCUT2D eigenvalue weighted by molar-refractivity contribution is 7.10. The lowest BCUT2D eigenvalue weighted by Gasteiger charge is -2.09. The molecule has 0 radical (unpaired) electrons. The Bertz CT molecular complexity index is 705. The van der Waals surface area contributed by atoms with Crippen molar-refractivity contribution in [3.63, 3.8) is 0 Å². The molecule has 2 N–H and O–H groups in total. The van der Waals surface area contributed by atoms with Crippen molar-refractivity contribution in [2.24, 2.45) is 5.73 Å². The first-order valence-electron chi connectivity index (χ1n) is 6.80. The number of fused-ring (bicyclic) bond motifs is 1. The summed E-state index contributed by atoms with van der Waals surface area (Å²) in [6.45, 7) is 0.714. The molecule has 0 spiro atoms. The number of thiophene rings is 1. The molecule has 0 unspecified atom stereocenters. The molecule has 1 heterocycles. The molecule has 1 aromatic heterocycles. The van der Waals surface area contributed by atoms with E-state index in [2.05, 4.69) is 23.6 Å². The Morgan fingerprint density at radius 1 is 0.952 bits per heavy atom. The zero-order valence-electron chi connectivity index (χ0n) is 11.6. The van der Waals surface area contributed by atoms with Gasteiger partial charge in [0.1, 0.15) is 11.5 Å². The number of ether oxygens (including phenoxy) is 1. The molecule has 0 aliphatic carbocycles. The Morgan fingerprint density at radius 2 is 1.76 bits per heavy atom. The highest BCUT2D eigenvalue weighted by Crippen LogP contribution is 2.34. The smallest absolute Gasteiger partial charge is 0.141 e. The van der Waals surface area contributed by atoms with Crippen molar-refractivity contribution < 1.29 is 4.74 Å². The third-order valence-electron chi connectivity index (χ3n) is 3.28. The van der Waals surface area contributed by atoms with Crippen molar-refractivity contribution in [1.82, 2.24) is 0 Å². The van der Waals surface area contributed by atoms with Crippen molar-refractivity contribution in [1.29, 1.82) is 0 Å². The van der Waals surface area contributed by atoms with Crippen LogP contribution in [0.1, 0.15) is 11.3 Å². The van der Waals surface area contributed by atoms with Crippen molar-refractivity contribution >= 4 is 34.5 Å². The quantitative estimate of drug-likeness (QED) is 0.717. The van der Waals surface area contributed by atoms with Crippen molar-refractivity contribution in [3.05, 3.63) is 58.8 Å². The maximum Gasteiger partial charge on any atom is 0.141 e. The first kappa shape index (κ1) is 15.8. The molecular formula is C17H18ClNOS. The summed E-state index contributed by atoms with van der Waals surface area (Å²) in [7, 11) is 0. The van der Waals surface area contributed by atoms with Gasteiger partial charge in [-0.25, -0.2) is 0 Å². The van der Waals surface area contributed by atoms with E-state index in [4.69, 9.17) is 10.5 Å². The Labute approximate surface area is 135 Å². The fourth-order valence-corrected chi connectivity index (χ4v) is 3.11. The lowest BCUT2D eigenvalue weighted by Crippen LogP contribution is -2.00. The van der Waals surface area contributed by atoms with Crippen LogP contribution in [0.4, 0.5) is 0 Å². The summed E-state index contributed by atoms with van der Waals surface area (Å²) in [6, 6.07) is 16.5. The molecule has 2 nitrogen and oxygen atoms in total. The molecule has 0 aliphatic rings. The Kier molecular flexibility index (Phi) is 5.62. The van der Waals surface area contributed by atoms with E-state index in [9.17, 15) is 0 Å². The zero-order chi connectivity index (χ0) is 13.8. The lowest BCUT2D eigenvalue weighted by atomic mass is 10.1. The fraction of sp³-hybridized carbons (Fsp3) is 0.176. The minimum absolute atomic E-state index is 0. The van der Waals surface area contributed by atoms with Crippen LogP contribution in [-0.2, 0) is 6.42 Å². The van der Waals surface area contributed by atoms with Gasteiger partial charge in [-0.2, -0.15) is 0 Å². The van der Waals surface area contributed by atoms with Crippen LogP contribution in [0.5, 0.6) is 11.5 Å². The van der Waals surface area contributed by atoms with E-state index >= 15 is 0 Å². The van der Waals surface area contributed by atoms with E-state index in [0.717, 1.165) is 29.7 Å². The van der Waals surface area contributed by atoms with E-state index in [1.807, 2.05) is 30.3 Å². The largest absolute Gasteiger partial charge is 0.456 e. The first-order chi connectivity index (χ1) is 9.88. The summed E-state index contributed by atoms with van der Waals surface area (Å²) in [5.74, 6) is 1.87. The van der Waals surface area contributed by atoms with Gasteiger partial charge in [-0.3, -0.25) is 0 Å². The predicted molar refractivity (Wildman–Crippen MR) is 93.0 cm³/mol. The van der Waals surface area contributed by atoms with Crippen LogP contribution >= 0.6 is 23.7 Å². The second-order valence-corrected chi connectivity index (χ2v) is 5.68. The molecule has 0 saturated carbocycles. The van der Waals surface area contributed by atoms with E-state index in [1.54, 1.807) is 11.3 Å². The molecular weight excluding hydrogens is 302 g/mol. The van der Waals surface area contributed by atoms with Crippen molar-refractivity contribution in [2.45, 2.75) is 12.8 Å². The molecule has 3 aromatic rings. The average molecular weight is 320 g/mol. The van der Waals surface area contributed by atoms with Crippen LogP contribution in [0.3, 0.4) is 0 Å². The number of aryl methyl sites for hydroxylation is 1. The minimum Gasteiger partial charge on any atom is -0.456 e. The van der Waals surface area contributed by atoms with Gasteiger partial charge in [0.05, 0.1) is 0 Å². The van der Waals surface area contributed by atoms with Crippen molar-refractivity contribution in [2.75, 3.05) is 6.54 Å². The third kappa shape index (κ3) is 3.56. The molecule has 4 heteroatoms. The highest BCUT2D eigenvalue weighted by atomic mass is 35.5. The topological polar surface area (TPSA) is 35.2 Å². The van der Waals surface area contributed by atoms with E-state index < -0.39 is 0 Å². The average Bonchev–Trinajstić information content (AvgIpc) is 2.93. The van der Waals surface area contributed by atoms with E-state index in [0.29, 0.717) is 6.54 Å². The fourth-order valence-electron chi connectivity index (χ4n) is 2.27. The number of halogens is 1. The number of nitrogens with two attached hydrogens (primary N) is 1.